The van der Waals surface area contributed by atoms with Crippen LogP contribution in [0.3, 0.4) is 0 Å². The van der Waals surface area contributed by atoms with E-state index < -0.39 is 5.91 Å². The van der Waals surface area contributed by atoms with Crippen molar-refractivity contribution in [3.8, 4) is 0 Å². The Hall–Kier alpha value is -2.89. The van der Waals surface area contributed by atoms with Gasteiger partial charge in [0.15, 0.2) is 0 Å². The van der Waals surface area contributed by atoms with E-state index in [1.807, 2.05) is 0 Å². The van der Waals surface area contributed by atoms with Crippen LogP contribution >= 0.6 is 0 Å². The summed E-state index contributed by atoms with van der Waals surface area (Å²) in [6.07, 6.45) is 3.15. The molecule has 1 aromatic heterocycles. The van der Waals surface area contributed by atoms with Crippen molar-refractivity contribution in [3.05, 3.63) is 54.4 Å². The van der Waals surface area contributed by atoms with Crippen molar-refractivity contribution >= 4 is 23.3 Å². The summed E-state index contributed by atoms with van der Waals surface area (Å²) in [6, 6.07) is 9.34. The fourth-order valence-corrected chi connectivity index (χ4v) is 1.45. The molecule has 4 N–H and O–H groups in total. The third-order valence-electron chi connectivity index (χ3n) is 2.35. The van der Waals surface area contributed by atoms with Gasteiger partial charge < -0.3 is 16.4 Å². The Balaban J connectivity index is 1.97. The highest BCUT2D eigenvalue weighted by molar-refractivity contribution is 6.00. The van der Waals surface area contributed by atoms with Gasteiger partial charge in [0.25, 0.3) is 0 Å². The van der Waals surface area contributed by atoms with Gasteiger partial charge in [-0.2, -0.15) is 0 Å². The number of nitrogens with two attached hydrogens (primary N) is 1. The number of anilines is 2. The van der Waals surface area contributed by atoms with Gasteiger partial charge in [-0.1, -0.05) is 0 Å². The van der Waals surface area contributed by atoms with Crippen LogP contribution in [0.1, 0.15) is 10.4 Å². The molecule has 0 aliphatic carbocycles. The number of nitrogens with zero attached hydrogens (tertiary/aromatic N) is 1. The molecule has 0 saturated carbocycles. The van der Waals surface area contributed by atoms with Crippen LogP contribution in [-0.4, -0.2) is 16.9 Å². The second-order valence-electron chi connectivity index (χ2n) is 3.76. The largest absolute Gasteiger partial charge is 0.366 e. The van der Waals surface area contributed by atoms with E-state index in [9.17, 15) is 9.59 Å². The number of urea groups is 1. The van der Waals surface area contributed by atoms with Crippen molar-refractivity contribution in [3.63, 3.8) is 0 Å². The molecule has 0 unspecified atom stereocenters. The lowest BCUT2D eigenvalue weighted by molar-refractivity contribution is 0.100. The molecule has 3 amide bonds. The zero-order valence-corrected chi connectivity index (χ0v) is 9.96. The van der Waals surface area contributed by atoms with Crippen molar-refractivity contribution < 1.29 is 9.59 Å². The molecule has 1 heterocycles. The van der Waals surface area contributed by atoms with Gasteiger partial charge in [-0.05, 0) is 36.4 Å². The average molecular weight is 256 g/mol. The maximum Gasteiger partial charge on any atom is 0.323 e. The van der Waals surface area contributed by atoms with Gasteiger partial charge in [0.2, 0.25) is 5.91 Å². The van der Waals surface area contributed by atoms with Gasteiger partial charge in [0, 0.05) is 17.4 Å². The summed E-state index contributed by atoms with van der Waals surface area (Å²) in [5.41, 5.74) is 6.66. The Morgan fingerprint density at radius 3 is 2.26 bits per heavy atom. The predicted molar refractivity (Wildman–Crippen MR) is 71.8 cm³/mol. The van der Waals surface area contributed by atoms with Gasteiger partial charge in [0.1, 0.15) is 0 Å². The van der Waals surface area contributed by atoms with Crippen LogP contribution < -0.4 is 16.4 Å². The van der Waals surface area contributed by atoms with Crippen LogP contribution in [0.5, 0.6) is 0 Å². The first-order valence-corrected chi connectivity index (χ1v) is 5.53. The van der Waals surface area contributed by atoms with Crippen molar-refractivity contribution in [2.75, 3.05) is 10.6 Å². The van der Waals surface area contributed by atoms with E-state index >= 15 is 0 Å². The summed E-state index contributed by atoms with van der Waals surface area (Å²) >= 11 is 0. The van der Waals surface area contributed by atoms with Crippen LogP contribution in [-0.2, 0) is 0 Å². The van der Waals surface area contributed by atoms with E-state index in [0.29, 0.717) is 16.9 Å². The van der Waals surface area contributed by atoms with E-state index in [1.165, 1.54) is 6.20 Å². The number of aromatic nitrogens is 1. The van der Waals surface area contributed by atoms with Gasteiger partial charge in [-0.3, -0.25) is 9.78 Å². The summed E-state index contributed by atoms with van der Waals surface area (Å²) in [7, 11) is 0. The zero-order chi connectivity index (χ0) is 13.7. The Morgan fingerprint density at radius 2 is 1.68 bits per heavy atom. The first-order valence-electron chi connectivity index (χ1n) is 5.53. The smallest absolute Gasteiger partial charge is 0.323 e. The average Bonchev–Trinajstić information content (AvgIpc) is 2.40. The highest BCUT2D eigenvalue weighted by Crippen LogP contribution is 2.10. The number of carbonyl (C=O) groups is 2. The van der Waals surface area contributed by atoms with E-state index in [1.54, 1.807) is 42.6 Å². The van der Waals surface area contributed by atoms with Crippen LogP contribution in [0, 0.1) is 0 Å². The molecule has 6 heteroatoms. The molecule has 0 aliphatic rings. The van der Waals surface area contributed by atoms with Crippen LogP contribution in [0.4, 0.5) is 16.2 Å². The summed E-state index contributed by atoms with van der Waals surface area (Å²) in [5, 5.41) is 5.25. The number of carbonyl (C=O) groups excluding carboxylic acids is 2. The Morgan fingerprint density at radius 1 is 1.00 bits per heavy atom. The number of primary amides is 1. The number of rotatable bonds is 3. The highest BCUT2D eigenvalue weighted by atomic mass is 16.2. The van der Waals surface area contributed by atoms with Gasteiger partial charge in [-0.25, -0.2) is 4.79 Å². The third-order valence-corrected chi connectivity index (χ3v) is 2.35. The number of hydrogen-bond acceptors (Lipinski definition) is 3. The Labute approximate surface area is 109 Å². The van der Waals surface area contributed by atoms with Gasteiger partial charge >= 0.3 is 6.03 Å². The topological polar surface area (TPSA) is 97.1 Å². The Bertz CT molecular complexity index is 581. The zero-order valence-electron chi connectivity index (χ0n) is 9.96. The standard InChI is InChI=1S/C13H12N4O2/c14-12(18)9-3-5-10(6-4-9)16-13(19)17-11-2-1-7-15-8-11/h1-8H,(H2,14,18)(H2,16,17,19). The van der Waals surface area contributed by atoms with Gasteiger partial charge in [-0.15, -0.1) is 0 Å². The minimum Gasteiger partial charge on any atom is -0.366 e. The number of hydrogen-bond donors (Lipinski definition) is 3. The van der Waals surface area contributed by atoms with Crippen LogP contribution in [0.15, 0.2) is 48.8 Å². The van der Waals surface area contributed by atoms with Crippen molar-refractivity contribution in [1.29, 1.82) is 0 Å². The molecule has 19 heavy (non-hydrogen) atoms. The molecular formula is C13H12N4O2. The third kappa shape index (κ3) is 3.53. The normalized spacial score (nSPS) is 9.68. The number of nitrogens with one attached hydrogen (secondary N) is 2. The summed E-state index contributed by atoms with van der Waals surface area (Å²) in [6.45, 7) is 0. The van der Waals surface area contributed by atoms with E-state index in [-0.39, 0.29) is 6.03 Å². The molecule has 0 radical (unpaired) electrons. The molecule has 0 aliphatic heterocycles. The molecule has 2 aromatic rings. The molecule has 2 rings (SSSR count). The quantitative estimate of drug-likeness (QED) is 0.781. The highest BCUT2D eigenvalue weighted by Gasteiger charge is 2.04. The number of amides is 3. The second-order valence-corrected chi connectivity index (χ2v) is 3.76. The fourth-order valence-electron chi connectivity index (χ4n) is 1.45. The first-order chi connectivity index (χ1) is 9.15. The predicted octanol–water partition coefficient (Wildman–Crippen LogP) is 1.82. The van der Waals surface area contributed by atoms with Crippen molar-refractivity contribution in [2.24, 2.45) is 5.73 Å². The summed E-state index contributed by atoms with van der Waals surface area (Å²) in [5.74, 6) is -0.508. The lowest BCUT2D eigenvalue weighted by Crippen LogP contribution is -2.19. The molecular weight excluding hydrogens is 244 g/mol. The molecule has 1 aromatic carbocycles. The monoisotopic (exact) mass is 256 g/mol. The van der Waals surface area contributed by atoms with Crippen molar-refractivity contribution in [2.45, 2.75) is 0 Å². The minimum absolute atomic E-state index is 0.387. The SMILES string of the molecule is NC(=O)c1ccc(NC(=O)Nc2cccnc2)cc1. The first kappa shape index (κ1) is 12.6. The number of benzene rings is 1. The molecule has 0 bridgehead atoms. The lowest BCUT2D eigenvalue weighted by atomic mass is 10.2. The summed E-state index contributed by atoms with van der Waals surface area (Å²) < 4.78 is 0. The van der Waals surface area contributed by atoms with E-state index in [4.69, 9.17) is 5.73 Å². The molecule has 96 valence electrons. The maximum absolute atomic E-state index is 11.7. The fraction of sp³-hybridized carbons (Fsp3) is 0. The lowest BCUT2D eigenvalue weighted by Gasteiger charge is -2.07. The molecule has 0 atom stereocenters. The van der Waals surface area contributed by atoms with Gasteiger partial charge in [0.05, 0.1) is 11.9 Å². The molecule has 6 nitrogen and oxygen atoms in total. The van der Waals surface area contributed by atoms with E-state index in [2.05, 4.69) is 15.6 Å². The van der Waals surface area contributed by atoms with Crippen LogP contribution in [0.2, 0.25) is 0 Å². The van der Waals surface area contributed by atoms with Crippen molar-refractivity contribution in [1.82, 2.24) is 4.98 Å². The van der Waals surface area contributed by atoms with Crippen LogP contribution in [0.25, 0.3) is 0 Å². The number of pyridine rings is 1. The Kier molecular flexibility index (Phi) is 3.72. The maximum atomic E-state index is 11.7. The second kappa shape index (κ2) is 5.63. The molecule has 0 saturated heterocycles. The minimum atomic E-state index is -0.508. The molecule has 0 fully saturated rings. The van der Waals surface area contributed by atoms with E-state index in [0.717, 1.165) is 0 Å². The molecule has 0 spiro atoms. The summed E-state index contributed by atoms with van der Waals surface area (Å²) in [4.78, 5) is 26.4.